The van der Waals surface area contributed by atoms with Crippen molar-refractivity contribution in [3.63, 3.8) is 0 Å². The Hall–Kier alpha value is 0.270. The number of fused-ring (bicyclic) bond motifs is 1. The zero-order valence-electron chi connectivity index (χ0n) is 9.57. The predicted molar refractivity (Wildman–Crippen MR) is 63.4 cm³/mol. The monoisotopic (exact) mass is 214 g/mol. The molecular formula is C11H22N2S. The standard InChI is InChI=1S/C11H22N2S/c1-9(2)13-7-5-10-4-6-12(14-3)8-11(10)13/h9-11H,4-8H2,1-3H3. The van der Waals surface area contributed by atoms with Crippen LogP contribution in [0, 0.1) is 5.92 Å². The van der Waals surface area contributed by atoms with Gasteiger partial charge in [-0.2, -0.15) is 0 Å². The Balaban J connectivity index is 2.00. The van der Waals surface area contributed by atoms with Crippen LogP contribution in [-0.2, 0) is 0 Å². The molecule has 0 radical (unpaired) electrons. The molecule has 0 saturated carbocycles. The van der Waals surface area contributed by atoms with Gasteiger partial charge in [-0.3, -0.25) is 4.90 Å². The summed E-state index contributed by atoms with van der Waals surface area (Å²) in [7, 11) is 0. The van der Waals surface area contributed by atoms with Crippen molar-refractivity contribution in [1.29, 1.82) is 0 Å². The van der Waals surface area contributed by atoms with Crippen molar-refractivity contribution in [3.8, 4) is 0 Å². The van der Waals surface area contributed by atoms with Crippen molar-refractivity contribution in [3.05, 3.63) is 0 Å². The molecule has 0 aromatic heterocycles. The van der Waals surface area contributed by atoms with Gasteiger partial charge in [0.25, 0.3) is 0 Å². The van der Waals surface area contributed by atoms with E-state index in [1.807, 2.05) is 11.9 Å². The minimum Gasteiger partial charge on any atom is -0.296 e. The second kappa shape index (κ2) is 4.42. The molecule has 0 spiro atoms. The van der Waals surface area contributed by atoms with Gasteiger partial charge in [0.15, 0.2) is 0 Å². The molecule has 2 heterocycles. The van der Waals surface area contributed by atoms with Gasteiger partial charge in [0, 0.05) is 25.2 Å². The maximum absolute atomic E-state index is 2.70. The first kappa shape index (κ1) is 10.8. The van der Waals surface area contributed by atoms with Crippen LogP contribution in [0.2, 0.25) is 0 Å². The Labute approximate surface area is 92.2 Å². The van der Waals surface area contributed by atoms with Gasteiger partial charge in [-0.15, -0.1) is 0 Å². The molecule has 0 N–H and O–H groups in total. The molecule has 14 heavy (non-hydrogen) atoms. The molecule has 2 aliphatic rings. The van der Waals surface area contributed by atoms with E-state index in [2.05, 4.69) is 29.3 Å². The van der Waals surface area contributed by atoms with Gasteiger partial charge in [0.1, 0.15) is 0 Å². The fourth-order valence-electron chi connectivity index (χ4n) is 2.95. The lowest BCUT2D eigenvalue weighted by atomic mass is 9.93. The molecule has 0 aromatic rings. The third kappa shape index (κ3) is 1.95. The normalized spacial score (nSPS) is 35.1. The van der Waals surface area contributed by atoms with Crippen molar-refractivity contribution in [2.24, 2.45) is 5.92 Å². The summed E-state index contributed by atoms with van der Waals surface area (Å²) < 4.78 is 2.53. The Morgan fingerprint density at radius 1 is 1.21 bits per heavy atom. The molecule has 2 nitrogen and oxygen atoms in total. The molecule has 2 unspecified atom stereocenters. The molecule has 2 fully saturated rings. The van der Waals surface area contributed by atoms with Crippen LogP contribution in [0.3, 0.4) is 0 Å². The minimum atomic E-state index is 0.729. The summed E-state index contributed by atoms with van der Waals surface area (Å²) in [6.45, 7) is 8.58. The fraction of sp³-hybridized carbons (Fsp3) is 1.00. The van der Waals surface area contributed by atoms with Crippen LogP contribution in [0.1, 0.15) is 26.7 Å². The number of piperidine rings is 1. The van der Waals surface area contributed by atoms with Crippen molar-refractivity contribution >= 4 is 11.9 Å². The van der Waals surface area contributed by atoms with Gasteiger partial charge in [0.2, 0.25) is 0 Å². The summed E-state index contributed by atoms with van der Waals surface area (Å²) in [4.78, 5) is 2.70. The maximum atomic E-state index is 2.70. The number of hydrogen-bond donors (Lipinski definition) is 0. The Morgan fingerprint density at radius 3 is 2.57 bits per heavy atom. The third-order valence-corrected chi connectivity index (χ3v) is 4.64. The first-order chi connectivity index (χ1) is 6.72. The summed E-state index contributed by atoms with van der Waals surface area (Å²) in [6, 6.07) is 1.57. The molecule has 3 heteroatoms. The molecule has 2 aliphatic heterocycles. The third-order valence-electron chi connectivity index (χ3n) is 3.79. The molecule has 2 atom stereocenters. The topological polar surface area (TPSA) is 6.48 Å². The van der Waals surface area contributed by atoms with Crippen LogP contribution in [0.15, 0.2) is 0 Å². The maximum Gasteiger partial charge on any atom is 0.0264 e. The second-order valence-corrected chi connectivity index (χ2v) is 5.69. The van der Waals surface area contributed by atoms with Gasteiger partial charge in [-0.05, 0) is 45.4 Å². The van der Waals surface area contributed by atoms with Crippen LogP contribution >= 0.6 is 11.9 Å². The highest BCUT2D eigenvalue weighted by Crippen LogP contribution is 2.34. The molecule has 0 bridgehead atoms. The van der Waals surface area contributed by atoms with E-state index in [-0.39, 0.29) is 0 Å². The highest BCUT2D eigenvalue weighted by molar-refractivity contribution is 7.96. The van der Waals surface area contributed by atoms with Crippen molar-refractivity contribution in [2.45, 2.75) is 38.8 Å². The molecular weight excluding hydrogens is 192 g/mol. The lowest BCUT2D eigenvalue weighted by Crippen LogP contribution is -2.47. The van der Waals surface area contributed by atoms with E-state index in [9.17, 15) is 0 Å². The van der Waals surface area contributed by atoms with Gasteiger partial charge in [0.05, 0.1) is 0 Å². The van der Waals surface area contributed by atoms with E-state index in [1.54, 1.807) is 0 Å². The number of rotatable bonds is 2. The quantitative estimate of drug-likeness (QED) is 0.650. The van der Waals surface area contributed by atoms with Gasteiger partial charge >= 0.3 is 0 Å². The second-order valence-electron chi connectivity index (χ2n) is 4.81. The number of nitrogens with zero attached hydrogens (tertiary/aromatic N) is 2. The smallest absolute Gasteiger partial charge is 0.0264 e. The molecule has 0 amide bonds. The SMILES string of the molecule is CSN1CCC2CCN(C(C)C)C2C1. The highest BCUT2D eigenvalue weighted by Gasteiger charge is 2.38. The van der Waals surface area contributed by atoms with Crippen molar-refractivity contribution < 1.29 is 0 Å². The van der Waals surface area contributed by atoms with E-state index < -0.39 is 0 Å². The molecule has 0 aliphatic carbocycles. The Bertz CT molecular complexity index is 196. The number of hydrogen-bond acceptors (Lipinski definition) is 3. The summed E-state index contributed by atoms with van der Waals surface area (Å²) in [5.41, 5.74) is 0. The summed E-state index contributed by atoms with van der Waals surface area (Å²) in [5, 5.41) is 0. The molecule has 82 valence electrons. The minimum absolute atomic E-state index is 0.729. The van der Waals surface area contributed by atoms with E-state index in [0.29, 0.717) is 0 Å². The van der Waals surface area contributed by atoms with Crippen LogP contribution in [-0.4, -0.2) is 47.2 Å². The predicted octanol–water partition coefficient (Wildman–Crippen LogP) is 2.07. The van der Waals surface area contributed by atoms with Gasteiger partial charge in [-0.25, -0.2) is 4.31 Å². The summed E-state index contributed by atoms with van der Waals surface area (Å²) in [5.74, 6) is 0.987. The Kier molecular flexibility index (Phi) is 3.40. The first-order valence-corrected chi connectivity index (χ1v) is 6.95. The van der Waals surface area contributed by atoms with Crippen LogP contribution in [0.4, 0.5) is 0 Å². The lowest BCUT2D eigenvalue weighted by molar-refractivity contribution is 0.131. The van der Waals surface area contributed by atoms with Crippen LogP contribution < -0.4 is 0 Å². The molecule has 2 rings (SSSR count). The first-order valence-electron chi connectivity index (χ1n) is 5.77. The summed E-state index contributed by atoms with van der Waals surface area (Å²) in [6.07, 6.45) is 5.05. The average molecular weight is 214 g/mol. The van der Waals surface area contributed by atoms with Crippen molar-refractivity contribution in [2.75, 3.05) is 25.9 Å². The fourth-order valence-corrected chi connectivity index (χ4v) is 3.54. The largest absolute Gasteiger partial charge is 0.296 e. The number of likely N-dealkylation sites (tertiary alicyclic amines) is 1. The molecule has 0 aromatic carbocycles. The molecule has 2 saturated heterocycles. The van der Waals surface area contributed by atoms with Crippen LogP contribution in [0.5, 0.6) is 0 Å². The average Bonchev–Trinajstić information content (AvgIpc) is 2.59. The highest BCUT2D eigenvalue weighted by atomic mass is 32.2. The van der Waals surface area contributed by atoms with E-state index >= 15 is 0 Å². The van der Waals surface area contributed by atoms with Crippen molar-refractivity contribution in [1.82, 2.24) is 9.21 Å². The lowest BCUT2D eigenvalue weighted by Gasteiger charge is -2.38. The zero-order valence-corrected chi connectivity index (χ0v) is 10.4. The van der Waals surface area contributed by atoms with E-state index in [4.69, 9.17) is 0 Å². The zero-order chi connectivity index (χ0) is 10.1. The Morgan fingerprint density at radius 2 is 1.93 bits per heavy atom. The van der Waals surface area contributed by atoms with Gasteiger partial charge in [-0.1, -0.05) is 11.9 Å². The van der Waals surface area contributed by atoms with Crippen LogP contribution in [0.25, 0.3) is 0 Å². The summed E-state index contributed by atoms with van der Waals surface area (Å²) >= 11 is 1.92. The van der Waals surface area contributed by atoms with Gasteiger partial charge < -0.3 is 0 Å². The van der Waals surface area contributed by atoms with E-state index in [1.165, 1.54) is 32.5 Å². The van der Waals surface area contributed by atoms with E-state index in [0.717, 1.165) is 18.0 Å².